The number of anilines is 1. The van der Waals surface area contributed by atoms with E-state index in [1.807, 2.05) is 6.07 Å². The van der Waals surface area contributed by atoms with E-state index in [0.29, 0.717) is 5.69 Å². The van der Waals surface area contributed by atoms with Crippen molar-refractivity contribution in [3.05, 3.63) is 29.8 Å². The lowest BCUT2D eigenvalue weighted by Gasteiger charge is -2.18. The van der Waals surface area contributed by atoms with Crippen molar-refractivity contribution >= 4 is 21.7 Å². The van der Waals surface area contributed by atoms with Crippen LogP contribution < -0.4 is 4.72 Å². The van der Waals surface area contributed by atoms with Gasteiger partial charge in [-0.15, -0.1) is 0 Å². The highest BCUT2D eigenvalue weighted by atomic mass is 32.2. The maximum atomic E-state index is 11.8. The van der Waals surface area contributed by atoms with Gasteiger partial charge in [0.05, 0.1) is 12.2 Å². The fourth-order valence-electron chi connectivity index (χ4n) is 1.89. The fourth-order valence-corrected chi connectivity index (χ4v) is 2.92. The largest absolute Gasteiger partial charge is 0.481 e. The second-order valence-electron chi connectivity index (χ2n) is 4.73. The van der Waals surface area contributed by atoms with Crippen molar-refractivity contribution in [1.82, 2.24) is 4.90 Å². The fraction of sp³-hybridized carbons (Fsp3) is 0.500. The molecule has 1 rings (SSSR count). The Bertz CT molecular complexity index is 568. The first kappa shape index (κ1) is 17.5. The number of benzene rings is 1. The summed E-state index contributed by atoms with van der Waals surface area (Å²) in [6.45, 7) is 6.73. The summed E-state index contributed by atoms with van der Waals surface area (Å²) >= 11 is 0. The number of carboxylic acids is 1. The van der Waals surface area contributed by atoms with E-state index in [1.54, 1.807) is 18.2 Å². The highest BCUT2D eigenvalue weighted by Gasteiger charge is 2.13. The zero-order chi connectivity index (χ0) is 15.9. The second-order valence-corrected chi connectivity index (χ2v) is 6.57. The molecule has 6 nitrogen and oxygen atoms in total. The summed E-state index contributed by atoms with van der Waals surface area (Å²) in [4.78, 5) is 12.7. The third-order valence-electron chi connectivity index (χ3n) is 3.09. The number of rotatable bonds is 9. The number of nitrogens with zero attached hydrogens (tertiary/aromatic N) is 1. The van der Waals surface area contributed by atoms with Crippen molar-refractivity contribution in [1.29, 1.82) is 0 Å². The maximum absolute atomic E-state index is 11.8. The lowest BCUT2D eigenvalue weighted by molar-refractivity contribution is -0.136. The van der Waals surface area contributed by atoms with Crippen LogP contribution in [-0.2, 0) is 21.4 Å². The van der Waals surface area contributed by atoms with Gasteiger partial charge in [-0.3, -0.25) is 14.4 Å². The van der Waals surface area contributed by atoms with Crippen LogP contribution in [0.1, 0.15) is 25.8 Å². The molecule has 1 aromatic carbocycles. The van der Waals surface area contributed by atoms with Crippen LogP contribution in [0.15, 0.2) is 24.3 Å². The minimum atomic E-state index is -3.63. The molecule has 0 spiro atoms. The molecule has 0 aromatic heterocycles. The molecule has 0 aliphatic heterocycles. The monoisotopic (exact) mass is 314 g/mol. The quantitative estimate of drug-likeness (QED) is 0.725. The van der Waals surface area contributed by atoms with Gasteiger partial charge in [0.2, 0.25) is 10.0 Å². The van der Waals surface area contributed by atoms with Crippen LogP contribution in [0.5, 0.6) is 0 Å². The molecule has 118 valence electrons. The Balaban J connectivity index is 2.74. The number of hydrogen-bond donors (Lipinski definition) is 2. The molecule has 0 heterocycles. The summed E-state index contributed by atoms with van der Waals surface area (Å²) in [6, 6.07) is 7.15. The Labute approximate surface area is 125 Å². The molecule has 2 N–H and O–H groups in total. The molecule has 0 amide bonds. The smallest absolute Gasteiger partial charge is 0.304 e. The van der Waals surface area contributed by atoms with E-state index in [9.17, 15) is 13.2 Å². The molecule has 0 saturated heterocycles. The van der Waals surface area contributed by atoms with Crippen molar-refractivity contribution in [2.45, 2.75) is 26.8 Å². The van der Waals surface area contributed by atoms with E-state index >= 15 is 0 Å². The zero-order valence-corrected chi connectivity index (χ0v) is 13.2. The topological polar surface area (TPSA) is 86.7 Å². The van der Waals surface area contributed by atoms with Gasteiger partial charge in [0.1, 0.15) is 0 Å². The van der Waals surface area contributed by atoms with E-state index < -0.39 is 28.2 Å². The van der Waals surface area contributed by atoms with E-state index in [1.165, 1.54) is 0 Å². The molecule has 0 atom stereocenters. The van der Waals surface area contributed by atoms with Gasteiger partial charge in [0.25, 0.3) is 0 Å². The average molecular weight is 314 g/mol. The first-order valence-corrected chi connectivity index (χ1v) is 8.55. The van der Waals surface area contributed by atoms with Crippen LogP contribution in [0.4, 0.5) is 5.69 Å². The van der Waals surface area contributed by atoms with Gasteiger partial charge in [0.15, 0.2) is 0 Å². The first-order valence-electron chi connectivity index (χ1n) is 6.90. The Kier molecular flexibility index (Phi) is 6.64. The summed E-state index contributed by atoms with van der Waals surface area (Å²) in [5.41, 5.74) is 1.47. The number of sulfonamides is 1. The first-order chi connectivity index (χ1) is 9.86. The van der Waals surface area contributed by atoms with Gasteiger partial charge >= 0.3 is 5.97 Å². The van der Waals surface area contributed by atoms with Crippen molar-refractivity contribution in [3.63, 3.8) is 0 Å². The highest BCUT2D eigenvalue weighted by Crippen LogP contribution is 2.14. The Morgan fingerprint density at radius 3 is 2.52 bits per heavy atom. The summed E-state index contributed by atoms with van der Waals surface area (Å²) in [5.74, 6) is -1.56. The highest BCUT2D eigenvalue weighted by molar-refractivity contribution is 7.92. The maximum Gasteiger partial charge on any atom is 0.304 e. The van der Waals surface area contributed by atoms with E-state index in [4.69, 9.17) is 5.11 Å². The van der Waals surface area contributed by atoms with Gasteiger partial charge in [-0.2, -0.15) is 0 Å². The van der Waals surface area contributed by atoms with Gasteiger partial charge in [-0.25, -0.2) is 8.42 Å². The second kappa shape index (κ2) is 7.99. The minimum Gasteiger partial charge on any atom is -0.481 e. The Morgan fingerprint density at radius 2 is 1.95 bits per heavy atom. The molecule has 0 aliphatic carbocycles. The van der Waals surface area contributed by atoms with Crippen LogP contribution in [0.3, 0.4) is 0 Å². The third-order valence-corrected chi connectivity index (χ3v) is 4.37. The van der Waals surface area contributed by atoms with Crippen LogP contribution in [0.2, 0.25) is 0 Å². The van der Waals surface area contributed by atoms with Gasteiger partial charge in [-0.1, -0.05) is 26.0 Å². The number of nitrogens with one attached hydrogen (secondary N) is 1. The molecule has 0 saturated carbocycles. The van der Waals surface area contributed by atoms with Crippen molar-refractivity contribution in [2.24, 2.45) is 0 Å². The summed E-state index contributed by atoms with van der Waals surface area (Å²) in [7, 11) is -3.63. The molecule has 0 unspecified atom stereocenters. The van der Waals surface area contributed by atoms with Crippen molar-refractivity contribution in [2.75, 3.05) is 23.6 Å². The molecule has 0 radical (unpaired) electrons. The van der Waals surface area contributed by atoms with Crippen LogP contribution in [-0.4, -0.2) is 43.2 Å². The molecule has 7 heteroatoms. The Hall–Kier alpha value is -1.60. The van der Waals surface area contributed by atoms with Gasteiger partial charge < -0.3 is 5.11 Å². The number of aliphatic carboxylic acids is 1. The lowest BCUT2D eigenvalue weighted by atomic mass is 10.2. The van der Waals surface area contributed by atoms with Crippen LogP contribution in [0, 0.1) is 0 Å². The molecular weight excluding hydrogens is 292 g/mol. The van der Waals surface area contributed by atoms with Gasteiger partial charge in [0, 0.05) is 12.2 Å². The number of hydrogen-bond acceptors (Lipinski definition) is 4. The van der Waals surface area contributed by atoms with Crippen molar-refractivity contribution in [3.8, 4) is 0 Å². The van der Waals surface area contributed by atoms with Crippen LogP contribution >= 0.6 is 0 Å². The molecule has 0 bridgehead atoms. The number of carbonyl (C=O) groups is 1. The van der Waals surface area contributed by atoms with Crippen molar-refractivity contribution < 1.29 is 18.3 Å². The predicted octanol–water partition coefficient (Wildman–Crippen LogP) is 1.74. The molecule has 21 heavy (non-hydrogen) atoms. The SMILES string of the molecule is CCN(CC)Cc1cccc(NS(=O)(=O)CCC(=O)O)c1. The van der Waals surface area contributed by atoms with E-state index in [0.717, 1.165) is 25.2 Å². The zero-order valence-electron chi connectivity index (χ0n) is 12.4. The Morgan fingerprint density at radius 1 is 1.29 bits per heavy atom. The predicted molar refractivity (Wildman–Crippen MR) is 82.7 cm³/mol. The summed E-state index contributed by atoms with van der Waals surface area (Å²) in [5, 5.41) is 8.54. The normalized spacial score (nSPS) is 11.6. The van der Waals surface area contributed by atoms with E-state index in [2.05, 4.69) is 23.5 Å². The van der Waals surface area contributed by atoms with Crippen LogP contribution in [0.25, 0.3) is 0 Å². The minimum absolute atomic E-state index is 0.408. The average Bonchev–Trinajstić information content (AvgIpc) is 2.42. The third kappa shape index (κ3) is 6.59. The lowest BCUT2D eigenvalue weighted by Crippen LogP contribution is -2.22. The summed E-state index contributed by atoms with van der Waals surface area (Å²) < 4.78 is 25.9. The molecule has 0 fully saturated rings. The molecular formula is C14H22N2O4S. The molecule has 0 aliphatic rings. The van der Waals surface area contributed by atoms with E-state index in [-0.39, 0.29) is 0 Å². The standard InChI is InChI=1S/C14H22N2O4S/c1-3-16(4-2)11-12-6-5-7-13(10-12)15-21(19,20)9-8-14(17)18/h5-7,10,15H,3-4,8-9,11H2,1-2H3,(H,17,18). The summed E-state index contributed by atoms with van der Waals surface area (Å²) in [6.07, 6.45) is -0.408. The number of carboxylic acid groups (broad SMARTS) is 1. The van der Waals surface area contributed by atoms with Gasteiger partial charge in [-0.05, 0) is 30.8 Å². The molecule has 1 aromatic rings.